The number of ether oxygens (including phenoxy) is 1. The summed E-state index contributed by atoms with van der Waals surface area (Å²) >= 11 is 0. The highest BCUT2D eigenvalue weighted by atomic mass is 16.5. The molecule has 0 radical (unpaired) electrons. The fraction of sp³-hybridized carbons (Fsp3) is 0.357. The second-order valence-electron chi connectivity index (χ2n) is 4.23. The van der Waals surface area contributed by atoms with Crippen molar-refractivity contribution in [2.75, 3.05) is 0 Å². The summed E-state index contributed by atoms with van der Waals surface area (Å²) in [5, 5.41) is 9.98. The van der Waals surface area contributed by atoms with Crippen molar-refractivity contribution < 1.29 is 14.6 Å². The van der Waals surface area contributed by atoms with E-state index in [1.165, 1.54) is 13.0 Å². The van der Waals surface area contributed by atoms with E-state index in [0.29, 0.717) is 0 Å². The molecule has 1 rings (SSSR count). The zero-order valence-corrected chi connectivity index (χ0v) is 10.2. The molecular weight excluding hydrogens is 216 g/mol. The van der Waals surface area contributed by atoms with E-state index >= 15 is 0 Å². The number of hydrogen-bond acceptors (Lipinski definition) is 3. The van der Waals surface area contributed by atoms with Crippen LogP contribution < -0.4 is 0 Å². The van der Waals surface area contributed by atoms with E-state index in [9.17, 15) is 9.90 Å². The van der Waals surface area contributed by atoms with Gasteiger partial charge in [0.2, 0.25) is 0 Å². The van der Waals surface area contributed by atoms with Crippen LogP contribution in [0.2, 0.25) is 0 Å². The van der Waals surface area contributed by atoms with Crippen molar-refractivity contribution in [2.24, 2.45) is 5.92 Å². The van der Waals surface area contributed by atoms with Gasteiger partial charge in [-0.3, -0.25) is 0 Å². The molecule has 0 aliphatic heterocycles. The molecule has 0 unspecified atom stereocenters. The highest BCUT2D eigenvalue weighted by Crippen LogP contribution is 2.20. The Morgan fingerprint density at radius 1 is 1.53 bits per heavy atom. The summed E-state index contributed by atoms with van der Waals surface area (Å²) in [7, 11) is 0. The Balaban J connectivity index is 2.58. The lowest BCUT2D eigenvalue weighted by Crippen LogP contribution is -2.42. The van der Waals surface area contributed by atoms with Crippen LogP contribution in [0.25, 0.3) is 0 Å². The third-order valence-corrected chi connectivity index (χ3v) is 2.87. The van der Waals surface area contributed by atoms with E-state index in [1.807, 2.05) is 30.3 Å². The van der Waals surface area contributed by atoms with Crippen LogP contribution in [0.3, 0.4) is 0 Å². The van der Waals surface area contributed by atoms with Gasteiger partial charge < -0.3 is 9.84 Å². The van der Waals surface area contributed by atoms with Crippen molar-refractivity contribution in [1.82, 2.24) is 0 Å². The molecule has 0 spiro atoms. The summed E-state index contributed by atoms with van der Waals surface area (Å²) in [4.78, 5) is 11.7. The van der Waals surface area contributed by atoms with Crippen molar-refractivity contribution in [3.8, 4) is 0 Å². The van der Waals surface area contributed by atoms with Crippen LogP contribution in [-0.2, 0) is 16.1 Å². The lowest BCUT2D eigenvalue weighted by molar-refractivity contribution is -0.168. The second kappa shape index (κ2) is 5.64. The number of benzene rings is 1. The fourth-order valence-electron chi connectivity index (χ4n) is 1.28. The lowest BCUT2D eigenvalue weighted by atomic mass is 9.91. The van der Waals surface area contributed by atoms with Crippen LogP contribution in [-0.4, -0.2) is 16.7 Å². The number of hydrogen-bond donors (Lipinski definition) is 1. The molecule has 0 saturated heterocycles. The first kappa shape index (κ1) is 13.5. The van der Waals surface area contributed by atoms with Gasteiger partial charge in [0.25, 0.3) is 0 Å². The first-order valence-corrected chi connectivity index (χ1v) is 5.54. The third kappa shape index (κ3) is 3.43. The van der Waals surface area contributed by atoms with E-state index in [0.717, 1.165) is 5.56 Å². The van der Waals surface area contributed by atoms with Gasteiger partial charge in [-0.2, -0.15) is 0 Å². The van der Waals surface area contributed by atoms with Crippen LogP contribution in [0.5, 0.6) is 0 Å². The molecule has 0 bridgehead atoms. The second-order valence-corrected chi connectivity index (χ2v) is 4.23. The van der Waals surface area contributed by atoms with Gasteiger partial charge in [-0.15, -0.1) is 6.58 Å². The maximum absolute atomic E-state index is 11.7. The van der Waals surface area contributed by atoms with E-state index < -0.39 is 11.6 Å². The molecule has 1 aromatic carbocycles. The number of esters is 1. The first-order chi connectivity index (χ1) is 7.98. The molecule has 3 nitrogen and oxygen atoms in total. The predicted octanol–water partition coefficient (Wildman–Crippen LogP) is 2.30. The lowest BCUT2D eigenvalue weighted by Gasteiger charge is -2.25. The minimum atomic E-state index is -1.53. The molecule has 0 saturated carbocycles. The Kier molecular flexibility index (Phi) is 4.46. The number of rotatable bonds is 5. The smallest absolute Gasteiger partial charge is 0.338 e. The Labute approximate surface area is 102 Å². The van der Waals surface area contributed by atoms with Crippen LogP contribution in [0.4, 0.5) is 0 Å². The van der Waals surface area contributed by atoms with Crippen LogP contribution >= 0.6 is 0 Å². The Morgan fingerprint density at radius 2 is 2.12 bits per heavy atom. The van der Waals surface area contributed by atoms with E-state index in [-0.39, 0.29) is 12.5 Å². The molecule has 0 amide bonds. The zero-order chi connectivity index (χ0) is 12.9. The number of carbonyl (C=O) groups excluding carboxylic acids is 1. The van der Waals surface area contributed by atoms with Crippen molar-refractivity contribution in [2.45, 2.75) is 26.1 Å². The average Bonchev–Trinajstić information content (AvgIpc) is 2.35. The number of carbonyl (C=O) groups is 1. The maximum atomic E-state index is 11.7. The van der Waals surface area contributed by atoms with Crippen LogP contribution in [0.1, 0.15) is 19.4 Å². The molecule has 3 heteroatoms. The molecule has 0 aliphatic carbocycles. The van der Waals surface area contributed by atoms with Gasteiger partial charge >= 0.3 is 5.97 Å². The average molecular weight is 234 g/mol. The van der Waals surface area contributed by atoms with Crippen molar-refractivity contribution in [3.05, 3.63) is 48.6 Å². The summed E-state index contributed by atoms with van der Waals surface area (Å²) in [6.45, 7) is 6.88. The molecular formula is C14H18O3. The Hall–Kier alpha value is -1.61. The van der Waals surface area contributed by atoms with Gasteiger partial charge in [-0.25, -0.2) is 4.79 Å². The minimum absolute atomic E-state index is 0.166. The Bertz CT molecular complexity index is 382. The van der Waals surface area contributed by atoms with E-state index in [2.05, 4.69) is 6.58 Å². The van der Waals surface area contributed by atoms with Gasteiger partial charge in [0.1, 0.15) is 6.61 Å². The molecule has 0 heterocycles. The van der Waals surface area contributed by atoms with Crippen molar-refractivity contribution >= 4 is 5.97 Å². The molecule has 0 fully saturated rings. The van der Waals surface area contributed by atoms with Crippen molar-refractivity contribution in [1.29, 1.82) is 0 Å². The highest BCUT2D eigenvalue weighted by molar-refractivity contribution is 5.79. The fourth-order valence-corrected chi connectivity index (χ4v) is 1.28. The summed E-state index contributed by atoms with van der Waals surface area (Å²) in [6, 6.07) is 9.35. The van der Waals surface area contributed by atoms with Crippen LogP contribution in [0.15, 0.2) is 43.0 Å². The molecule has 17 heavy (non-hydrogen) atoms. The summed E-state index contributed by atoms with van der Waals surface area (Å²) in [5.74, 6) is -0.987. The van der Waals surface area contributed by atoms with Crippen LogP contribution in [0, 0.1) is 5.92 Å². The van der Waals surface area contributed by atoms with Gasteiger partial charge in [-0.05, 0) is 12.5 Å². The molecule has 1 aromatic rings. The molecule has 2 atom stereocenters. The topological polar surface area (TPSA) is 46.5 Å². The van der Waals surface area contributed by atoms with Gasteiger partial charge in [0.05, 0.1) is 0 Å². The predicted molar refractivity (Wildman–Crippen MR) is 66.2 cm³/mol. The highest BCUT2D eigenvalue weighted by Gasteiger charge is 2.36. The van der Waals surface area contributed by atoms with Gasteiger partial charge in [0.15, 0.2) is 5.60 Å². The molecule has 0 aromatic heterocycles. The van der Waals surface area contributed by atoms with Crippen molar-refractivity contribution in [3.63, 3.8) is 0 Å². The van der Waals surface area contributed by atoms with Gasteiger partial charge in [-0.1, -0.05) is 43.3 Å². The SMILES string of the molecule is C=C[C@H](C)[C@@](C)(O)C(=O)OCc1ccccc1. The minimum Gasteiger partial charge on any atom is -0.459 e. The van der Waals surface area contributed by atoms with E-state index in [4.69, 9.17) is 4.74 Å². The maximum Gasteiger partial charge on any atom is 0.338 e. The summed E-state index contributed by atoms with van der Waals surface area (Å²) < 4.78 is 5.08. The van der Waals surface area contributed by atoms with Gasteiger partial charge in [0, 0.05) is 5.92 Å². The van der Waals surface area contributed by atoms with E-state index in [1.54, 1.807) is 6.92 Å². The normalized spacial score (nSPS) is 15.7. The third-order valence-electron chi connectivity index (χ3n) is 2.87. The Morgan fingerprint density at radius 3 is 2.65 bits per heavy atom. The molecule has 0 aliphatic rings. The summed E-state index contributed by atoms with van der Waals surface area (Å²) in [5.41, 5.74) is -0.640. The molecule has 1 N–H and O–H groups in total. The largest absolute Gasteiger partial charge is 0.459 e. The quantitative estimate of drug-likeness (QED) is 0.628. The summed E-state index contributed by atoms with van der Waals surface area (Å²) in [6.07, 6.45) is 1.53. The molecule has 92 valence electrons. The standard InChI is InChI=1S/C14H18O3/c1-4-11(2)14(3,16)13(15)17-10-12-8-6-5-7-9-12/h4-9,11,16H,1,10H2,2-3H3/t11-,14+/m0/s1. The zero-order valence-electron chi connectivity index (χ0n) is 10.2. The first-order valence-electron chi connectivity index (χ1n) is 5.54. The monoisotopic (exact) mass is 234 g/mol. The number of aliphatic hydroxyl groups is 1.